The molecule has 5 rings (SSSR count). The fourth-order valence-electron chi connectivity index (χ4n) is 4.38. The van der Waals surface area contributed by atoms with Crippen LogP contribution in [-0.2, 0) is 19.5 Å². The quantitative estimate of drug-likeness (QED) is 0.460. The van der Waals surface area contributed by atoms with Crippen molar-refractivity contribution < 1.29 is 4.57 Å². The van der Waals surface area contributed by atoms with E-state index in [1.165, 1.54) is 38.6 Å². The molecule has 25 heavy (non-hydrogen) atoms. The van der Waals surface area contributed by atoms with Crippen LogP contribution in [0.25, 0.3) is 33.1 Å². The number of aryl methyl sites for hydroxylation is 2. The maximum Gasteiger partial charge on any atom is 0.214 e. The molecule has 2 nitrogen and oxygen atoms in total. The molecule has 0 unspecified atom stereocenters. The van der Waals surface area contributed by atoms with Crippen molar-refractivity contribution in [1.82, 2.24) is 4.57 Å². The second-order valence-electron chi connectivity index (χ2n) is 7.55. The van der Waals surface area contributed by atoms with Gasteiger partial charge in [0.25, 0.3) is 0 Å². The minimum absolute atomic E-state index is 0.612. The molecule has 0 bridgehead atoms. The first-order valence-electron chi connectivity index (χ1n) is 9.25. The molecule has 1 aliphatic rings. The van der Waals surface area contributed by atoms with Crippen LogP contribution in [0.15, 0.2) is 60.8 Å². The topological polar surface area (TPSA) is 8.81 Å². The lowest BCUT2D eigenvalue weighted by Gasteiger charge is -2.18. The summed E-state index contributed by atoms with van der Waals surface area (Å²) in [6.45, 7) is 6.73. The Morgan fingerprint density at radius 2 is 1.80 bits per heavy atom. The summed E-state index contributed by atoms with van der Waals surface area (Å²) in [4.78, 5) is 0. The van der Waals surface area contributed by atoms with E-state index < -0.39 is 0 Å². The van der Waals surface area contributed by atoms with Gasteiger partial charge in [-0.1, -0.05) is 44.2 Å². The van der Waals surface area contributed by atoms with Crippen LogP contribution in [0.1, 0.15) is 19.4 Å². The van der Waals surface area contributed by atoms with E-state index in [9.17, 15) is 0 Å². The molecule has 0 spiro atoms. The summed E-state index contributed by atoms with van der Waals surface area (Å²) in [5, 5.41) is 2.75. The smallest absolute Gasteiger partial charge is 0.214 e. The van der Waals surface area contributed by atoms with E-state index in [0.717, 1.165) is 19.5 Å². The minimum Gasteiger partial charge on any atom is -0.340 e. The van der Waals surface area contributed by atoms with Gasteiger partial charge >= 0.3 is 0 Å². The molecule has 2 heteroatoms. The van der Waals surface area contributed by atoms with E-state index in [1.54, 1.807) is 0 Å². The molecular formula is C23H23N2+. The second kappa shape index (κ2) is 5.45. The van der Waals surface area contributed by atoms with Crippen molar-refractivity contribution in [3.8, 4) is 11.3 Å². The van der Waals surface area contributed by atoms with Crippen LogP contribution in [0.3, 0.4) is 0 Å². The normalized spacial score (nSPS) is 13.4. The van der Waals surface area contributed by atoms with Gasteiger partial charge in [-0.3, -0.25) is 0 Å². The Morgan fingerprint density at radius 3 is 2.68 bits per heavy atom. The first-order valence-corrected chi connectivity index (χ1v) is 9.25. The van der Waals surface area contributed by atoms with E-state index in [2.05, 4.69) is 83.8 Å². The van der Waals surface area contributed by atoms with Crippen LogP contribution < -0.4 is 4.57 Å². The molecule has 0 saturated heterocycles. The zero-order valence-electron chi connectivity index (χ0n) is 14.9. The second-order valence-corrected chi connectivity index (χ2v) is 7.55. The summed E-state index contributed by atoms with van der Waals surface area (Å²) in [7, 11) is 0. The van der Waals surface area contributed by atoms with E-state index in [1.807, 2.05) is 0 Å². The number of aromatic nitrogens is 2. The van der Waals surface area contributed by atoms with Crippen molar-refractivity contribution in [2.45, 2.75) is 33.4 Å². The molecule has 0 fully saturated rings. The van der Waals surface area contributed by atoms with Gasteiger partial charge in [0.15, 0.2) is 12.7 Å². The Balaban J connectivity index is 1.96. The first kappa shape index (κ1) is 14.7. The van der Waals surface area contributed by atoms with Crippen LogP contribution in [-0.4, -0.2) is 4.57 Å². The number of para-hydroxylation sites is 1. The number of fused-ring (bicyclic) bond motifs is 7. The van der Waals surface area contributed by atoms with Crippen molar-refractivity contribution in [1.29, 1.82) is 0 Å². The average Bonchev–Trinajstić information content (AvgIpc) is 2.95. The number of benzene rings is 2. The third-order valence-corrected chi connectivity index (χ3v) is 5.39. The van der Waals surface area contributed by atoms with Crippen LogP contribution in [0, 0.1) is 5.92 Å². The largest absolute Gasteiger partial charge is 0.340 e. The summed E-state index contributed by atoms with van der Waals surface area (Å²) >= 11 is 0. The lowest BCUT2D eigenvalue weighted by molar-refractivity contribution is -0.687. The van der Waals surface area contributed by atoms with Gasteiger partial charge in [0.1, 0.15) is 0 Å². The van der Waals surface area contributed by atoms with Crippen molar-refractivity contribution in [2.75, 3.05) is 0 Å². The molecule has 0 amide bonds. The number of rotatable bonds is 2. The van der Waals surface area contributed by atoms with E-state index in [-0.39, 0.29) is 0 Å². The van der Waals surface area contributed by atoms with Gasteiger partial charge in [0, 0.05) is 41.4 Å². The third kappa shape index (κ3) is 2.13. The summed E-state index contributed by atoms with van der Waals surface area (Å²) in [5.74, 6) is 0.612. The lowest BCUT2D eigenvalue weighted by Crippen LogP contribution is -2.39. The molecular weight excluding hydrogens is 304 g/mol. The Morgan fingerprint density at radius 1 is 0.960 bits per heavy atom. The Hall–Kier alpha value is -2.61. The number of pyridine rings is 1. The zero-order valence-corrected chi connectivity index (χ0v) is 14.9. The first-order chi connectivity index (χ1) is 12.2. The monoisotopic (exact) mass is 327 g/mol. The predicted molar refractivity (Wildman–Crippen MR) is 104 cm³/mol. The number of hydrogen-bond acceptors (Lipinski definition) is 0. The van der Waals surface area contributed by atoms with E-state index in [4.69, 9.17) is 0 Å². The highest BCUT2D eigenvalue weighted by atomic mass is 15.0. The fraction of sp³-hybridized carbons (Fsp3) is 0.261. The summed E-state index contributed by atoms with van der Waals surface area (Å²) in [6, 6.07) is 20.1. The summed E-state index contributed by atoms with van der Waals surface area (Å²) < 4.78 is 4.95. The average molecular weight is 327 g/mol. The SMILES string of the molecule is CC(C)Cn1c2ccccc2c2ccc3c(c21)-c1cccc[n+]1CC3. The highest BCUT2D eigenvalue weighted by Gasteiger charge is 2.27. The van der Waals surface area contributed by atoms with Gasteiger partial charge in [-0.05, 0) is 23.6 Å². The van der Waals surface area contributed by atoms with E-state index >= 15 is 0 Å². The van der Waals surface area contributed by atoms with Gasteiger partial charge in [0.2, 0.25) is 5.69 Å². The van der Waals surface area contributed by atoms with Gasteiger partial charge < -0.3 is 4.57 Å². The molecule has 1 aliphatic heterocycles. The molecule has 0 N–H and O–H groups in total. The Kier molecular flexibility index (Phi) is 3.21. The predicted octanol–water partition coefficient (Wildman–Crippen LogP) is 4.96. The molecule has 3 heterocycles. The number of nitrogens with zero attached hydrogens (tertiary/aromatic N) is 2. The Bertz CT molecular complexity index is 1100. The molecule has 124 valence electrons. The van der Waals surface area contributed by atoms with Crippen molar-refractivity contribution in [2.24, 2.45) is 5.92 Å². The zero-order chi connectivity index (χ0) is 17.0. The maximum atomic E-state index is 2.55. The number of hydrogen-bond donors (Lipinski definition) is 0. The van der Waals surface area contributed by atoms with Gasteiger partial charge in [-0.25, -0.2) is 0 Å². The van der Waals surface area contributed by atoms with Crippen molar-refractivity contribution >= 4 is 21.8 Å². The molecule has 2 aromatic carbocycles. The molecule has 4 aromatic rings. The van der Waals surface area contributed by atoms with Crippen LogP contribution in [0.5, 0.6) is 0 Å². The molecule has 0 saturated carbocycles. The maximum absolute atomic E-state index is 2.55. The molecule has 0 radical (unpaired) electrons. The standard InChI is InChI=1S/C23H23N2/c1-16(2)15-25-20-8-4-3-7-18(20)19-11-10-17-12-14-24-13-6-5-9-21(24)22(17)23(19)25/h3-11,13,16H,12,14-15H2,1-2H3/q+1. The van der Waals surface area contributed by atoms with Gasteiger partial charge in [-0.2, -0.15) is 4.57 Å². The lowest BCUT2D eigenvalue weighted by atomic mass is 9.94. The third-order valence-electron chi connectivity index (χ3n) is 5.39. The van der Waals surface area contributed by atoms with Crippen LogP contribution in [0.4, 0.5) is 0 Å². The molecule has 2 aromatic heterocycles. The highest BCUT2D eigenvalue weighted by Crippen LogP contribution is 2.38. The van der Waals surface area contributed by atoms with Crippen LogP contribution in [0.2, 0.25) is 0 Å². The van der Waals surface area contributed by atoms with E-state index in [0.29, 0.717) is 5.92 Å². The minimum atomic E-state index is 0.612. The molecule has 0 atom stereocenters. The summed E-state index contributed by atoms with van der Waals surface area (Å²) in [6.07, 6.45) is 3.32. The van der Waals surface area contributed by atoms with Gasteiger partial charge in [-0.15, -0.1) is 0 Å². The van der Waals surface area contributed by atoms with Crippen LogP contribution >= 0.6 is 0 Å². The van der Waals surface area contributed by atoms with Gasteiger partial charge in [0.05, 0.1) is 11.1 Å². The summed E-state index contributed by atoms with van der Waals surface area (Å²) in [5.41, 5.74) is 7.02. The highest BCUT2D eigenvalue weighted by molar-refractivity contribution is 6.12. The molecule has 0 aliphatic carbocycles. The van der Waals surface area contributed by atoms with Crippen molar-refractivity contribution in [3.05, 3.63) is 66.4 Å². The Labute approximate surface area is 148 Å². The fourth-order valence-corrected chi connectivity index (χ4v) is 4.38. The van der Waals surface area contributed by atoms with Crippen molar-refractivity contribution in [3.63, 3.8) is 0 Å².